The summed E-state index contributed by atoms with van der Waals surface area (Å²) in [4.78, 5) is 18.2. The Bertz CT molecular complexity index is 577. The van der Waals surface area contributed by atoms with E-state index in [-0.39, 0.29) is 5.56 Å². The van der Waals surface area contributed by atoms with E-state index in [1.165, 1.54) is 17.8 Å². The van der Waals surface area contributed by atoms with E-state index >= 15 is 0 Å². The summed E-state index contributed by atoms with van der Waals surface area (Å²) in [5.74, 6) is 2.42. The number of aromatic amines is 1. The summed E-state index contributed by atoms with van der Waals surface area (Å²) in [6.07, 6.45) is 0. The highest BCUT2D eigenvalue weighted by Crippen LogP contribution is 2.20. The average Bonchev–Trinajstić information content (AvgIpc) is 2.74. The first-order valence-corrected chi connectivity index (χ1v) is 6.59. The summed E-state index contributed by atoms with van der Waals surface area (Å²) in [6, 6.07) is 5.36. The molecule has 0 radical (unpaired) electrons. The molecule has 5 nitrogen and oxygen atoms in total. The third-order valence-electron chi connectivity index (χ3n) is 2.27. The molecule has 0 fully saturated rings. The number of thioether (sulfide) groups is 1. The zero-order chi connectivity index (χ0) is 13.0. The smallest absolute Gasteiger partial charge is 0.251 e. The van der Waals surface area contributed by atoms with E-state index in [0.29, 0.717) is 17.5 Å². The number of H-pyrrole nitrogens is 1. The number of aryl methyl sites for hydroxylation is 1. The second-order valence-electron chi connectivity index (χ2n) is 3.88. The first kappa shape index (κ1) is 12.9. The zero-order valence-electron chi connectivity index (χ0n) is 10.3. The zero-order valence-corrected chi connectivity index (χ0v) is 11.1. The topological polar surface area (TPSA) is 70.9 Å². The van der Waals surface area contributed by atoms with Crippen LogP contribution in [0.1, 0.15) is 17.2 Å². The Hall–Kier alpha value is -1.53. The van der Waals surface area contributed by atoms with Crippen molar-refractivity contribution in [2.75, 3.05) is 7.05 Å². The van der Waals surface area contributed by atoms with E-state index in [9.17, 15) is 4.79 Å². The Labute approximate surface area is 109 Å². The number of nitrogens with zero attached hydrogens (tertiary/aromatic N) is 1. The normalized spacial score (nSPS) is 10.8. The van der Waals surface area contributed by atoms with Crippen molar-refractivity contribution in [3.8, 4) is 0 Å². The fraction of sp³-hybridized carbons (Fsp3) is 0.333. The van der Waals surface area contributed by atoms with Crippen LogP contribution < -0.4 is 10.9 Å². The van der Waals surface area contributed by atoms with E-state index < -0.39 is 0 Å². The van der Waals surface area contributed by atoms with E-state index in [1.54, 1.807) is 6.92 Å². The van der Waals surface area contributed by atoms with Crippen LogP contribution in [0.4, 0.5) is 0 Å². The molecule has 0 spiro atoms. The largest absolute Gasteiger partial charge is 0.464 e. The molecule has 0 aliphatic heterocycles. The average molecular weight is 265 g/mol. The SMILES string of the molecule is CNCc1ccc(CSc2nc(C)cc(=O)[nH]2)o1. The fourth-order valence-corrected chi connectivity index (χ4v) is 2.34. The van der Waals surface area contributed by atoms with E-state index in [0.717, 1.165) is 17.2 Å². The van der Waals surface area contributed by atoms with Crippen LogP contribution in [0.3, 0.4) is 0 Å². The number of furan rings is 1. The van der Waals surface area contributed by atoms with Gasteiger partial charge in [-0.1, -0.05) is 11.8 Å². The third-order valence-corrected chi connectivity index (χ3v) is 3.16. The summed E-state index contributed by atoms with van der Waals surface area (Å²) >= 11 is 1.45. The molecular weight excluding hydrogens is 250 g/mol. The molecule has 0 unspecified atom stereocenters. The molecule has 6 heteroatoms. The molecule has 0 bridgehead atoms. The van der Waals surface area contributed by atoms with Crippen LogP contribution >= 0.6 is 11.8 Å². The lowest BCUT2D eigenvalue weighted by atomic mass is 10.4. The van der Waals surface area contributed by atoms with Gasteiger partial charge in [-0.2, -0.15) is 0 Å². The first-order chi connectivity index (χ1) is 8.67. The van der Waals surface area contributed by atoms with Crippen molar-refractivity contribution >= 4 is 11.8 Å². The highest BCUT2D eigenvalue weighted by atomic mass is 32.2. The molecule has 2 N–H and O–H groups in total. The monoisotopic (exact) mass is 265 g/mol. The maximum absolute atomic E-state index is 11.3. The van der Waals surface area contributed by atoms with Gasteiger partial charge in [0.25, 0.3) is 5.56 Å². The molecule has 0 aromatic carbocycles. The standard InChI is InChI=1S/C12H15N3O2S/c1-8-5-11(16)15-12(14-8)18-7-10-4-3-9(17-10)6-13-2/h3-5,13H,6-7H2,1-2H3,(H,14,15,16). The van der Waals surface area contributed by atoms with E-state index in [1.807, 2.05) is 19.2 Å². The van der Waals surface area contributed by atoms with Crippen molar-refractivity contribution in [2.45, 2.75) is 24.4 Å². The number of rotatable bonds is 5. The summed E-state index contributed by atoms with van der Waals surface area (Å²) in [5, 5.41) is 3.64. The fourth-order valence-electron chi connectivity index (χ4n) is 1.53. The lowest BCUT2D eigenvalue weighted by molar-refractivity contribution is 0.468. The quantitative estimate of drug-likeness (QED) is 0.636. The molecule has 2 rings (SSSR count). The van der Waals surface area contributed by atoms with Crippen LogP contribution in [0.15, 0.2) is 32.6 Å². The van der Waals surface area contributed by atoms with Crippen molar-refractivity contribution in [2.24, 2.45) is 0 Å². The maximum atomic E-state index is 11.3. The Morgan fingerprint density at radius 1 is 1.44 bits per heavy atom. The van der Waals surface area contributed by atoms with Crippen LogP contribution in [-0.2, 0) is 12.3 Å². The van der Waals surface area contributed by atoms with E-state index in [4.69, 9.17) is 4.42 Å². The minimum atomic E-state index is -0.125. The van der Waals surface area contributed by atoms with Crippen LogP contribution in [0, 0.1) is 6.92 Å². The Balaban J connectivity index is 1.99. The van der Waals surface area contributed by atoms with Gasteiger partial charge in [0, 0.05) is 11.8 Å². The summed E-state index contributed by atoms with van der Waals surface area (Å²) in [5.41, 5.74) is 0.594. The molecule has 18 heavy (non-hydrogen) atoms. The predicted molar refractivity (Wildman–Crippen MR) is 70.6 cm³/mol. The van der Waals surface area contributed by atoms with Crippen molar-refractivity contribution < 1.29 is 4.42 Å². The van der Waals surface area contributed by atoms with Gasteiger partial charge in [-0.05, 0) is 26.1 Å². The second-order valence-corrected chi connectivity index (χ2v) is 4.84. The molecule has 0 amide bonds. The molecule has 0 saturated carbocycles. The molecular formula is C12H15N3O2S. The number of aromatic nitrogens is 2. The van der Waals surface area contributed by atoms with Crippen LogP contribution in [0.5, 0.6) is 0 Å². The summed E-state index contributed by atoms with van der Waals surface area (Å²) < 4.78 is 5.60. The highest BCUT2D eigenvalue weighted by molar-refractivity contribution is 7.98. The Morgan fingerprint density at radius 3 is 2.94 bits per heavy atom. The predicted octanol–water partition coefficient (Wildman–Crippen LogP) is 1.68. The van der Waals surface area contributed by atoms with E-state index in [2.05, 4.69) is 15.3 Å². The molecule has 2 aromatic heterocycles. The maximum Gasteiger partial charge on any atom is 0.251 e. The van der Waals surface area contributed by atoms with Crippen LogP contribution in [0.25, 0.3) is 0 Å². The Morgan fingerprint density at radius 2 is 2.22 bits per heavy atom. The molecule has 0 aliphatic rings. The van der Waals surface area contributed by atoms with Gasteiger partial charge in [-0.25, -0.2) is 4.98 Å². The van der Waals surface area contributed by atoms with Gasteiger partial charge in [-0.3, -0.25) is 4.79 Å². The summed E-state index contributed by atoms with van der Waals surface area (Å²) in [7, 11) is 1.87. The van der Waals surface area contributed by atoms with Crippen molar-refractivity contribution in [1.29, 1.82) is 0 Å². The van der Waals surface area contributed by atoms with Crippen LogP contribution in [0.2, 0.25) is 0 Å². The van der Waals surface area contributed by atoms with Gasteiger partial charge in [0.15, 0.2) is 5.16 Å². The molecule has 0 aliphatic carbocycles. The van der Waals surface area contributed by atoms with Crippen molar-refractivity contribution in [3.63, 3.8) is 0 Å². The van der Waals surface area contributed by atoms with Gasteiger partial charge < -0.3 is 14.7 Å². The first-order valence-electron chi connectivity index (χ1n) is 5.60. The number of hydrogen-bond donors (Lipinski definition) is 2. The van der Waals surface area contributed by atoms with Crippen molar-refractivity contribution in [1.82, 2.24) is 15.3 Å². The Kier molecular flexibility index (Phi) is 4.22. The molecule has 2 aromatic rings. The van der Waals surface area contributed by atoms with Gasteiger partial charge in [0.2, 0.25) is 0 Å². The highest BCUT2D eigenvalue weighted by Gasteiger charge is 2.04. The lowest BCUT2D eigenvalue weighted by Gasteiger charge is -2.00. The lowest BCUT2D eigenvalue weighted by Crippen LogP contribution is -2.07. The number of nitrogens with one attached hydrogen (secondary N) is 2. The van der Waals surface area contributed by atoms with Gasteiger partial charge in [0.1, 0.15) is 11.5 Å². The number of hydrogen-bond acceptors (Lipinski definition) is 5. The molecule has 96 valence electrons. The minimum Gasteiger partial charge on any atom is -0.464 e. The summed E-state index contributed by atoms with van der Waals surface area (Å²) in [6.45, 7) is 2.52. The van der Waals surface area contributed by atoms with Gasteiger partial charge in [-0.15, -0.1) is 0 Å². The second kappa shape index (κ2) is 5.88. The van der Waals surface area contributed by atoms with Crippen molar-refractivity contribution in [3.05, 3.63) is 45.8 Å². The molecule has 2 heterocycles. The molecule has 0 atom stereocenters. The van der Waals surface area contributed by atoms with Gasteiger partial charge in [0.05, 0.1) is 12.3 Å². The third kappa shape index (κ3) is 3.48. The van der Waals surface area contributed by atoms with Crippen LogP contribution in [-0.4, -0.2) is 17.0 Å². The van der Waals surface area contributed by atoms with Gasteiger partial charge >= 0.3 is 0 Å². The minimum absolute atomic E-state index is 0.125. The molecule has 0 saturated heterocycles.